The van der Waals surface area contributed by atoms with E-state index in [9.17, 15) is 15.2 Å². The molecule has 0 amide bonds. The van der Waals surface area contributed by atoms with Crippen LogP contribution in [-0.2, 0) is 0 Å². The zero-order chi connectivity index (χ0) is 13.2. The van der Waals surface area contributed by atoms with E-state index in [1.54, 1.807) is 24.1 Å². The van der Waals surface area contributed by atoms with Gasteiger partial charge in [0.2, 0.25) is 0 Å². The number of likely N-dealkylation sites (N-methyl/N-ethyl adjacent to an activating group) is 1. The van der Waals surface area contributed by atoms with Crippen molar-refractivity contribution in [2.75, 3.05) is 18.6 Å². The third-order valence-corrected chi connectivity index (χ3v) is 3.28. The van der Waals surface area contributed by atoms with Crippen molar-refractivity contribution in [1.82, 2.24) is 0 Å². The van der Waals surface area contributed by atoms with Crippen LogP contribution in [0.5, 0.6) is 0 Å². The van der Waals surface area contributed by atoms with Gasteiger partial charge in [-0.1, -0.05) is 15.9 Å². The summed E-state index contributed by atoms with van der Waals surface area (Å²) in [5, 5.41) is 20.3. The molecular formula is C11H15BrN2O3. The Morgan fingerprint density at radius 1 is 1.53 bits per heavy atom. The number of aliphatic hydroxyl groups is 1. The largest absolute Gasteiger partial charge is 0.394 e. The lowest BCUT2D eigenvalue weighted by Gasteiger charge is -2.35. The van der Waals surface area contributed by atoms with Gasteiger partial charge in [0.05, 0.1) is 17.1 Å². The average Bonchev–Trinajstić information content (AvgIpc) is 2.27. The SMILES string of the molecule is CN(c1cc(Br)ccc1[N+](=O)[O-])C(C)(C)CO. The van der Waals surface area contributed by atoms with E-state index in [4.69, 9.17) is 0 Å². The first kappa shape index (κ1) is 13.9. The maximum atomic E-state index is 11.0. The van der Waals surface area contributed by atoms with Crippen molar-refractivity contribution in [2.45, 2.75) is 19.4 Å². The Balaban J connectivity index is 3.29. The summed E-state index contributed by atoms with van der Waals surface area (Å²) in [7, 11) is 1.73. The fraction of sp³-hybridized carbons (Fsp3) is 0.455. The number of nitrogens with zero attached hydrogens (tertiary/aromatic N) is 2. The molecule has 17 heavy (non-hydrogen) atoms. The molecule has 0 saturated carbocycles. The number of benzene rings is 1. The summed E-state index contributed by atoms with van der Waals surface area (Å²) in [5.41, 5.74) is -0.0633. The van der Waals surface area contributed by atoms with Crippen LogP contribution < -0.4 is 4.90 Å². The van der Waals surface area contributed by atoms with Crippen LogP contribution in [0.2, 0.25) is 0 Å². The minimum atomic E-state index is -0.564. The van der Waals surface area contributed by atoms with Crippen LogP contribution in [0, 0.1) is 10.1 Å². The molecule has 1 N–H and O–H groups in total. The first-order chi connectivity index (χ1) is 7.79. The molecule has 5 nitrogen and oxygen atoms in total. The van der Waals surface area contributed by atoms with E-state index in [1.165, 1.54) is 6.07 Å². The number of halogens is 1. The van der Waals surface area contributed by atoms with Gasteiger partial charge < -0.3 is 10.0 Å². The summed E-state index contributed by atoms with van der Waals surface area (Å²) in [6.07, 6.45) is 0. The molecular weight excluding hydrogens is 288 g/mol. The van der Waals surface area contributed by atoms with E-state index in [-0.39, 0.29) is 12.3 Å². The van der Waals surface area contributed by atoms with E-state index in [0.717, 1.165) is 4.47 Å². The second-order valence-electron chi connectivity index (χ2n) is 4.42. The van der Waals surface area contributed by atoms with Gasteiger partial charge in [0.15, 0.2) is 0 Å². The molecule has 0 spiro atoms. The van der Waals surface area contributed by atoms with Gasteiger partial charge in [-0.2, -0.15) is 0 Å². The maximum Gasteiger partial charge on any atom is 0.292 e. The van der Waals surface area contributed by atoms with Crippen molar-refractivity contribution in [3.63, 3.8) is 0 Å². The molecule has 1 rings (SSSR count). The van der Waals surface area contributed by atoms with Crippen molar-refractivity contribution in [3.05, 3.63) is 32.8 Å². The number of nitro benzene ring substituents is 1. The normalized spacial score (nSPS) is 11.4. The Labute approximate surface area is 108 Å². The lowest BCUT2D eigenvalue weighted by atomic mass is 10.0. The highest BCUT2D eigenvalue weighted by Crippen LogP contribution is 2.33. The molecule has 0 aromatic heterocycles. The van der Waals surface area contributed by atoms with Crippen molar-refractivity contribution in [3.8, 4) is 0 Å². The van der Waals surface area contributed by atoms with E-state index < -0.39 is 10.5 Å². The van der Waals surface area contributed by atoms with Crippen molar-refractivity contribution in [1.29, 1.82) is 0 Å². The fourth-order valence-corrected chi connectivity index (χ4v) is 1.70. The lowest BCUT2D eigenvalue weighted by Crippen LogP contribution is -2.44. The van der Waals surface area contributed by atoms with Gasteiger partial charge in [-0.05, 0) is 26.0 Å². The summed E-state index contributed by atoms with van der Waals surface area (Å²) in [6, 6.07) is 4.75. The molecule has 0 radical (unpaired) electrons. The Bertz CT molecular complexity index is 435. The van der Waals surface area contributed by atoms with Crippen LogP contribution in [-0.4, -0.2) is 29.2 Å². The Morgan fingerprint density at radius 2 is 2.12 bits per heavy atom. The first-order valence-electron chi connectivity index (χ1n) is 5.08. The van der Waals surface area contributed by atoms with Crippen LogP contribution in [0.15, 0.2) is 22.7 Å². The molecule has 6 heteroatoms. The molecule has 0 aliphatic carbocycles. The van der Waals surface area contributed by atoms with E-state index >= 15 is 0 Å². The summed E-state index contributed by atoms with van der Waals surface area (Å²) in [6.45, 7) is 3.54. The van der Waals surface area contributed by atoms with Crippen LogP contribution in [0.25, 0.3) is 0 Å². The number of hydrogen-bond donors (Lipinski definition) is 1. The Morgan fingerprint density at radius 3 is 2.59 bits per heavy atom. The smallest absolute Gasteiger partial charge is 0.292 e. The summed E-state index contributed by atoms with van der Waals surface area (Å²) in [4.78, 5) is 12.2. The van der Waals surface area contributed by atoms with Gasteiger partial charge in [0, 0.05) is 17.6 Å². The van der Waals surface area contributed by atoms with Gasteiger partial charge in [0.25, 0.3) is 5.69 Å². The molecule has 0 atom stereocenters. The third kappa shape index (κ3) is 2.95. The minimum absolute atomic E-state index is 0.0252. The summed E-state index contributed by atoms with van der Waals surface area (Å²) < 4.78 is 0.763. The maximum absolute atomic E-state index is 11.0. The van der Waals surface area contributed by atoms with Gasteiger partial charge in [-0.25, -0.2) is 0 Å². The average molecular weight is 303 g/mol. The molecule has 94 valence electrons. The van der Waals surface area contributed by atoms with Crippen molar-refractivity contribution in [2.24, 2.45) is 0 Å². The molecule has 0 aliphatic heterocycles. The first-order valence-corrected chi connectivity index (χ1v) is 5.87. The molecule has 0 bridgehead atoms. The van der Waals surface area contributed by atoms with Gasteiger partial charge in [0.1, 0.15) is 5.69 Å². The predicted octanol–water partition coefficient (Wildman–Crippen LogP) is 2.56. The number of hydrogen-bond acceptors (Lipinski definition) is 4. The summed E-state index contributed by atoms with van der Waals surface area (Å²) >= 11 is 3.29. The van der Waals surface area contributed by atoms with Gasteiger partial charge in [-0.15, -0.1) is 0 Å². The highest BCUT2D eigenvalue weighted by molar-refractivity contribution is 9.10. The zero-order valence-electron chi connectivity index (χ0n) is 9.98. The Hall–Kier alpha value is -1.14. The zero-order valence-corrected chi connectivity index (χ0v) is 11.6. The van der Waals surface area contributed by atoms with Gasteiger partial charge >= 0.3 is 0 Å². The fourth-order valence-electron chi connectivity index (χ4n) is 1.35. The lowest BCUT2D eigenvalue weighted by molar-refractivity contribution is -0.384. The van der Waals surface area contributed by atoms with Crippen molar-refractivity contribution < 1.29 is 10.0 Å². The van der Waals surface area contributed by atoms with Gasteiger partial charge in [-0.3, -0.25) is 10.1 Å². The molecule has 0 fully saturated rings. The standard InChI is InChI=1S/C11H15BrN2O3/c1-11(2,7-15)13(3)10-6-8(12)4-5-9(10)14(16)17/h4-6,15H,7H2,1-3H3. The molecule has 1 aromatic carbocycles. The molecule has 1 aromatic rings. The number of nitro groups is 1. The molecule has 0 unspecified atom stereocenters. The highest BCUT2D eigenvalue weighted by Gasteiger charge is 2.28. The minimum Gasteiger partial charge on any atom is -0.394 e. The molecule has 0 aliphatic rings. The quantitative estimate of drug-likeness (QED) is 0.686. The van der Waals surface area contributed by atoms with Crippen molar-refractivity contribution >= 4 is 27.3 Å². The molecule has 0 heterocycles. The van der Waals surface area contributed by atoms with Crippen LogP contribution >= 0.6 is 15.9 Å². The molecule has 0 saturated heterocycles. The number of anilines is 1. The highest BCUT2D eigenvalue weighted by atomic mass is 79.9. The number of aliphatic hydroxyl groups excluding tert-OH is 1. The van der Waals surface area contributed by atoms with E-state index in [2.05, 4.69) is 15.9 Å². The van der Waals surface area contributed by atoms with Crippen LogP contribution in [0.3, 0.4) is 0 Å². The monoisotopic (exact) mass is 302 g/mol. The van der Waals surface area contributed by atoms with E-state index in [0.29, 0.717) is 5.69 Å². The number of rotatable bonds is 4. The Kier molecular flexibility index (Phi) is 4.11. The predicted molar refractivity (Wildman–Crippen MR) is 70.4 cm³/mol. The second kappa shape index (κ2) is 5.01. The second-order valence-corrected chi connectivity index (χ2v) is 5.34. The van der Waals surface area contributed by atoms with Crippen LogP contribution in [0.1, 0.15) is 13.8 Å². The van der Waals surface area contributed by atoms with Crippen LogP contribution in [0.4, 0.5) is 11.4 Å². The topological polar surface area (TPSA) is 66.6 Å². The third-order valence-electron chi connectivity index (χ3n) is 2.79. The van der Waals surface area contributed by atoms with E-state index in [1.807, 2.05) is 13.8 Å². The summed E-state index contributed by atoms with van der Waals surface area (Å²) in [5.74, 6) is 0.